The van der Waals surface area contributed by atoms with Gasteiger partial charge in [-0.2, -0.15) is 0 Å². The second-order valence-corrected chi connectivity index (χ2v) is 5.57. The van der Waals surface area contributed by atoms with Gasteiger partial charge in [0.1, 0.15) is 0 Å². The zero-order chi connectivity index (χ0) is 13.7. The van der Waals surface area contributed by atoms with Crippen LogP contribution in [-0.2, 0) is 4.79 Å². The minimum Gasteiger partial charge on any atom is -0.343 e. The Labute approximate surface area is 111 Å². The molecule has 1 heterocycles. The highest BCUT2D eigenvalue weighted by Crippen LogP contribution is 2.24. The molecule has 0 aromatic heterocycles. The van der Waals surface area contributed by atoms with Crippen LogP contribution in [-0.4, -0.2) is 54.5 Å². The highest BCUT2D eigenvalue weighted by atomic mass is 16.2. The van der Waals surface area contributed by atoms with Crippen LogP contribution in [0.15, 0.2) is 0 Å². The highest BCUT2D eigenvalue weighted by Gasteiger charge is 2.31. The van der Waals surface area contributed by atoms with Gasteiger partial charge in [0.05, 0.1) is 0 Å². The van der Waals surface area contributed by atoms with E-state index in [4.69, 9.17) is 5.73 Å². The summed E-state index contributed by atoms with van der Waals surface area (Å²) in [6.07, 6.45) is 0.567. The van der Waals surface area contributed by atoms with Crippen LogP contribution in [0.2, 0.25) is 0 Å². The van der Waals surface area contributed by atoms with E-state index in [1.807, 2.05) is 18.7 Å². The average molecular weight is 255 g/mol. The minimum absolute atomic E-state index is 0.213. The van der Waals surface area contributed by atoms with Crippen LogP contribution in [0.3, 0.4) is 0 Å². The van der Waals surface area contributed by atoms with E-state index in [2.05, 4.69) is 18.7 Å². The maximum absolute atomic E-state index is 12.1. The van der Waals surface area contributed by atoms with E-state index < -0.39 is 0 Å². The van der Waals surface area contributed by atoms with Crippen LogP contribution < -0.4 is 5.73 Å². The van der Waals surface area contributed by atoms with Gasteiger partial charge < -0.3 is 10.6 Å². The van der Waals surface area contributed by atoms with Gasteiger partial charge in [0.15, 0.2) is 0 Å². The smallest absolute Gasteiger partial charge is 0.224 e. The van der Waals surface area contributed by atoms with Gasteiger partial charge in [0.25, 0.3) is 0 Å². The van der Waals surface area contributed by atoms with Crippen molar-refractivity contribution in [3.05, 3.63) is 0 Å². The summed E-state index contributed by atoms with van der Waals surface area (Å²) in [4.78, 5) is 16.4. The first-order valence-electron chi connectivity index (χ1n) is 7.25. The van der Waals surface area contributed by atoms with Gasteiger partial charge in [0.2, 0.25) is 5.91 Å². The predicted octanol–water partition coefficient (Wildman–Crippen LogP) is 1.16. The summed E-state index contributed by atoms with van der Waals surface area (Å²) < 4.78 is 0. The van der Waals surface area contributed by atoms with Crippen molar-refractivity contribution < 1.29 is 4.79 Å². The first-order chi connectivity index (χ1) is 8.53. The third-order valence-electron chi connectivity index (χ3n) is 4.33. The number of amides is 1. The van der Waals surface area contributed by atoms with Crippen molar-refractivity contribution in [2.45, 2.75) is 40.2 Å². The first-order valence-corrected chi connectivity index (χ1v) is 7.25. The molecule has 1 amide bonds. The van der Waals surface area contributed by atoms with Gasteiger partial charge in [-0.25, -0.2) is 0 Å². The van der Waals surface area contributed by atoms with Crippen LogP contribution in [0, 0.1) is 11.8 Å². The second kappa shape index (κ2) is 7.10. The van der Waals surface area contributed by atoms with Crippen molar-refractivity contribution in [3.63, 3.8) is 0 Å². The molecule has 18 heavy (non-hydrogen) atoms. The quantitative estimate of drug-likeness (QED) is 0.775. The zero-order valence-corrected chi connectivity index (χ0v) is 12.4. The molecule has 0 saturated carbocycles. The second-order valence-electron chi connectivity index (χ2n) is 5.57. The van der Waals surface area contributed by atoms with Crippen molar-refractivity contribution in [2.24, 2.45) is 17.6 Å². The molecule has 1 saturated heterocycles. The average Bonchev–Trinajstić information content (AvgIpc) is 2.68. The summed E-state index contributed by atoms with van der Waals surface area (Å²) in [7, 11) is 0. The van der Waals surface area contributed by atoms with E-state index in [1.165, 1.54) is 0 Å². The molecule has 0 aliphatic carbocycles. The molecule has 1 aliphatic rings. The van der Waals surface area contributed by atoms with Crippen LogP contribution in [0.4, 0.5) is 0 Å². The van der Waals surface area contributed by atoms with Gasteiger partial charge >= 0.3 is 0 Å². The third-order valence-corrected chi connectivity index (χ3v) is 4.33. The lowest BCUT2D eigenvalue weighted by molar-refractivity contribution is -0.132. The largest absolute Gasteiger partial charge is 0.343 e. The van der Waals surface area contributed by atoms with Crippen molar-refractivity contribution in [3.8, 4) is 0 Å². The summed E-state index contributed by atoms with van der Waals surface area (Å²) in [6, 6.07) is 0.213. The van der Waals surface area contributed by atoms with Gasteiger partial charge in [-0.1, -0.05) is 13.8 Å². The molecule has 1 aliphatic heterocycles. The Kier molecular flexibility index (Phi) is 6.09. The number of nitrogens with two attached hydrogens (primary N) is 1. The van der Waals surface area contributed by atoms with E-state index in [9.17, 15) is 4.79 Å². The molecule has 0 radical (unpaired) electrons. The Hall–Kier alpha value is -0.610. The van der Waals surface area contributed by atoms with E-state index in [0.29, 0.717) is 24.8 Å². The Balaban J connectivity index is 2.54. The molecule has 0 bridgehead atoms. The fraction of sp³-hybridized carbons (Fsp3) is 0.929. The Morgan fingerprint density at radius 1 is 1.28 bits per heavy atom. The fourth-order valence-electron chi connectivity index (χ4n) is 2.74. The number of carbonyl (C=O) groups is 1. The predicted molar refractivity (Wildman–Crippen MR) is 75.3 cm³/mol. The zero-order valence-electron chi connectivity index (χ0n) is 12.4. The third kappa shape index (κ3) is 3.69. The van der Waals surface area contributed by atoms with Crippen LogP contribution >= 0.6 is 0 Å². The van der Waals surface area contributed by atoms with E-state index >= 15 is 0 Å². The Morgan fingerprint density at radius 2 is 1.78 bits per heavy atom. The summed E-state index contributed by atoms with van der Waals surface area (Å²) in [6.45, 7) is 12.9. The van der Waals surface area contributed by atoms with Crippen molar-refractivity contribution in [1.82, 2.24) is 9.80 Å². The molecule has 1 rings (SSSR count). The topological polar surface area (TPSA) is 49.6 Å². The van der Waals surface area contributed by atoms with Gasteiger partial charge in [-0.05, 0) is 25.7 Å². The Bertz CT molecular complexity index is 256. The first kappa shape index (κ1) is 15.4. The van der Waals surface area contributed by atoms with E-state index in [-0.39, 0.29) is 11.9 Å². The summed E-state index contributed by atoms with van der Waals surface area (Å²) in [5, 5.41) is 0. The normalized spacial score (nSPS) is 26.3. The van der Waals surface area contributed by atoms with Crippen molar-refractivity contribution in [2.75, 3.05) is 32.7 Å². The van der Waals surface area contributed by atoms with E-state index in [0.717, 1.165) is 26.2 Å². The maximum atomic E-state index is 12.1. The standard InChI is InChI=1S/C14H29N3O/c1-5-16(6-2)14(18)7-13(8-15)17-9-11(3)12(4)10-17/h11-13H,5-10,15H2,1-4H3. The molecule has 106 valence electrons. The number of hydrogen-bond acceptors (Lipinski definition) is 3. The minimum atomic E-state index is 0.213. The lowest BCUT2D eigenvalue weighted by Crippen LogP contribution is -2.44. The van der Waals surface area contributed by atoms with Crippen molar-refractivity contribution in [1.29, 1.82) is 0 Å². The fourth-order valence-corrected chi connectivity index (χ4v) is 2.74. The summed E-state index contributed by atoms with van der Waals surface area (Å²) in [5.74, 6) is 1.66. The number of hydrogen-bond donors (Lipinski definition) is 1. The maximum Gasteiger partial charge on any atom is 0.224 e. The number of carbonyl (C=O) groups excluding carboxylic acids is 1. The number of rotatable bonds is 6. The van der Waals surface area contributed by atoms with Gasteiger partial charge in [-0.3, -0.25) is 9.69 Å². The highest BCUT2D eigenvalue weighted by molar-refractivity contribution is 5.76. The number of likely N-dealkylation sites (tertiary alicyclic amines) is 1. The molecule has 0 spiro atoms. The van der Waals surface area contributed by atoms with Gasteiger partial charge in [0, 0.05) is 45.2 Å². The van der Waals surface area contributed by atoms with Crippen LogP contribution in [0.25, 0.3) is 0 Å². The molecular formula is C14H29N3O. The molecule has 2 N–H and O–H groups in total. The summed E-state index contributed by atoms with van der Waals surface area (Å²) in [5.41, 5.74) is 5.86. The lowest BCUT2D eigenvalue weighted by atomic mass is 10.0. The molecule has 0 aromatic rings. The molecule has 4 nitrogen and oxygen atoms in total. The molecule has 0 aromatic carbocycles. The molecule has 3 atom stereocenters. The van der Waals surface area contributed by atoms with Gasteiger partial charge in [-0.15, -0.1) is 0 Å². The monoisotopic (exact) mass is 255 g/mol. The number of nitrogens with zero attached hydrogens (tertiary/aromatic N) is 2. The van der Waals surface area contributed by atoms with Crippen LogP contribution in [0.5, 0.6) is 0 Å². The molecule has 1 fully saturated rings. The molecule has 4 heteroatoms. The SMILES string of the molecule is CCN(CC)C(=O)CC(CN)N1CC(C)C(C)C1. The molecular weight excluding hydrogens is 226 g/mol. The summed E-state index contributed by atoms with van der Waals surface area (Å²) >= 11 is 0. The Morgan fingerprint density at radius 3 is 2.17 bits per heavy atom. The van der Waals surface area contributed by atoms with E-state index in [1.54, 1.807) is 0 Å². The van der Waals surface area contributed by atoms with Crippen molar-refractivity contribution >= 4 is 5.91 Å². The lowest BCUT2D eigenvalue weighted by Gasteiger charge is -2.28. The van der Waals surface area contributed by atoms with Crippen LogP contribution in [0.1, 0.15) is 34.1 Å². The molecule has 3 unspecified atom stereocenters.